The molecule has 0 saturated carbocycles. The van der Waals surface area contributed by atoms with Crippen LogP contribution < -0.4 is 4.90 Å². The Labute approximate surface area is 301 Å². The Balaban J connectivity index is 1.03. The van der Waals surface area contributed by atoms with Gasteiger partial charge in [0.25, 0.3) is 0 Å². The summed E-state index contributed by atoms with van der Waals surface area (Å²) in [6.45, 7) is 0. The fourth-order valence-corrected chi connectivity index (χ4v) is 9.18. The summed E-state index contributed by atoms with van der Waals surface area (Å²) in [6, 6.07) is 48.5. The van der Waals surface area contributed by atoms with Crippen LogP contribution in [0.15, 0.2) is 174 Å². The first-order valence-electron chi connectivity index (χ1n) is 17.8. The van der Waals surface area contributed by atoms with Gasteiger partial charge in [0.15, 0.2) is 0 Å². The maximum atomic E-state index is 6.37. The number of furan rings is 1. The number of anilines is 2. The van der Waals surface area contributed by atoms with Crippen molar-refractivity contribution in [3.63, 3.8) is 0 Å². The molecule has 2 nitrogen and oxygen atoms in total. The zero-order chi connectivity index (χ0) is 33.7. The van der Waals surface area contributed by atoms with Crippen LogP contribution in [-0.2, 0) is 0 Å². The Morgan fingerprint density at radius 3 is 2.10 bits per heavy atom. The summed E-state index contributed by atoms with van der Waals surface area (Å²) >= 11 is 1.89. The molecule has 51 heavy (non-hydrogen) atoms. The summed E-state index contributed by atoms with van der Waals surface area (Å²) in [4.78, 5) is 2.50. The number of fused-ring (bicyclic) bond motifs is 6. The fourth-order valence-electron chi connectivity index (χ4n) is 7.94. The second-order valence-corrected chi connectivity index (χ2v) is 14.5. The van der Waals surface area contributed by atoms with Crippen molar-refractivity contribution in [1.29, 1.82) is 0 Å². The van der Waals surface area contributed by atoms with E-state index in [4.69, 9.17) is 4.42 Å². The number of hydrogen-bond donors (Lipinski definition) is 0. The minimum atomic E-state index is 0.122. The van der Waals surface area contributed by atoms with Crippen molar-refractivity contribution in [2.45, 2.75) is 25.3 Å². The quantitative estimate of drug-likeness (QED) is 0.175. The summed E-state index contributed by atoms with van der Waals surface area (Å²) in [6.07, 6.45) is 17.1. The molecule has 3 heteroatoms. The molecule has 10 rings (SSSR count). The molecule has 0 radical (unpaired) electrons. The van der Waals surface area contributed by atoms with Crippen LogP contribution in [0.1, 0.15) is 30.4 Å². The van der Waals surface area contributed by atoms with Crippen LogP contribution in [0.3, 0.4) is 0 Å². The third-order valence-electron chi connectivity index (χ3n) is 10.5. The zero-order valence-electron chi connectivity index (χ0n) is 28.1. The highest BCUT2D eigenvalue weighted by atomic mass is 32.1. The predicted octanol–water partition coefficient (Wildman–Crippen LogP) is 13.9. The Morgan fingerprint density at radius 2 is 1.29 bits per heavy atom. The molecule has 2 aliphatic rings. The molecule has 0 saturated heterocycles. The SMILES string of the molecule is C1=CC(c2ccc(-c3ccc(N(c4cccc5oc6ccccc6c45)C4C=CC(c5cccc6c5sc5ccccc56)=CC4)cc3)cc2)=CCC1. The first kappa shape index (κ1) is 30.0. The third-order valence-corrected chi connectivity index (χ3v) is 11.7. The summed E-state index contributed by atoms with van der Waals surface area (Å²) in [7, 11) is 0. The summed E-state index contributed by atoms with van der Waals surface area (Å²) in [5, 5.41) is 4.96. The molecule has 2 heterocycles. The van der Waals surface area contributed by atoms with Crippen molar-refractivity contribution in [2.24, 2.45) is 0 Å². The number of hydrogen-bond acceptors (Lipinski definition) is 3. The van der Waals surface area contributed by atoms with E-state index in [0.29, 0.717) is 0 Å². The van der Waals surface area contributed by atoms with Gasteiger partial charge in [0.1, 0.15) is 11.2 Å². The van der Waals surface area contributed by atoms with E-state index in [9.17, 15) is 0 Å². The fraction of sp³-hybridized carbons (Fsp3) is 0.0833. The Kier molecular flexibility index (Phi) is 7.32. The van der Waals surface area contributed by atoms with Crippen LogP contribution >= 0.6 is 11.3 Å². The van der Waals surface area contributed by atoms with Crippen molar-refractivity contribution in [3.8, 4) is 11.1 Å². The molecule has 0 aliphatic heterocycles. The van der Waals surface area contributed by atoms with Crippen molar-refractivity contribution in [2.75, 3.05) is 4.90 Å². The highest BCUT2D eigenvalue weighted by molar-refractivity contribution is 7.26. The summed E-state index contributed by atoms with van der Waals surface area (Å²) < 4.78 is 9.07. The van der Waals surface area contributed by atoms with Crippen LogP contribution in [0.2, 0.25) is 0 Å². The van der Waals surface area contributed by atoms with Gasteiger partial charge in [-0.3, -0.25) is 0 Å². The number of nitrogens with zero attached hydrogens (tertiary/aromatic N) is 1. The first-order chi connectivity index (χ1) is 25.3. The molecular formula is C48H35NOS. The Morgan fingerprint density at radius 1 is 0.569 bits per heavy atom. The number of rotatable bonds is 6. The van der Waals surface area contributed by atoms with E-state index in [1.165, 1.54) is 53.6 Å². The molecule has 2 aliphatic carbocycles. The van der Waals surface area contributed by atoms with Crippen LogP contribution in [0.4, 0.5) is 11.4 Å². The lowest BCUT2D eigenvalue weighted by atomic mass is 9.94. The number of thiophene rings is 1. The van der Waals surface area contributed by atoms with E-state index >= 15 is 0 Å². The van der Waals surface area contributed by atoms with Crippen molar-refractivity contribution < 1.29 is 4.42 Å². The van der Waals surface area contributed by atoms with Gasteiger partial charge in [-0.2, -0.15) is 0 Å². The van der Waals surface area contributed by atoms with E-state index in [0.717, 1.165) is 52.6 Å². The molecule has 0 N–H and O–H groups in total. The average molecular weight is 674 g/mol. The molecule has 0 spiro atoms. The summed E-state index contributed by atoms with van der Waals surface area (Å²) in [5.74, 6) is 0. The minimum Gasteiger partial charge on any atom is -0.456 e. The smallest absolute Gasteiger partial charge is 0.137 e. The maximum absolute atomic E-state index is 6.37. The molecule has 0 amide bonds. The number of benzene rings is 6. The lowest BCUT2D eigenvalue weighted by Gasteiger charge is -2.34. The Bertz CT molecular complexity index is 2720. The highest BCUT2D eigenvalue weighted by Crippen LogP contribution is 2.43. The largest absolute Gasteiger partial charge is 0.456 e. The van der Waals surface area contributed by atoms with Crippen LogP contribution in [-0.4, -0.2) is 6.04 Å². The van der Waals surface area contributed by atoms with E-state index in [2.05, 4.69) is 169 Å². The zero-order valence-corrected chi connectivity index (χ0v) is 28.9. The van der Waals surface area contributed by atoms with E-state index < -0.39 is 0 Å². The van der Waals surface area contributed by atoms with Gasteiger partial charge in [0.05, 0.1) is 17.1 Å². The van der Waals surface area contributed by atoms with Gasteiger partial charge < -0.3 is 9.32 Å². The molecule has 1 atom stereocenters. The highest BCUT2D eigenvalue weighted by Gasteiger charge is 2.25. The van der Waals surface area contributed by atoms with Gasteiger partial charge in [-0.25, -0.2) is 0 Å². The topological polar surface area (TPSA) is 16.4 Å². The van der Waals surface area contributed by atoms with Gasteiger partial charge in [-0.05, 0) is 89.1 Å². The average Bonchev–Trinajstić information content (AvgIpc) is 3.78. The monoisotopic (exact) mass is 673 g/mol. The first-order valence-corrected chi connectivity index (χ1v) is 18.7. The lowest BCUT2D eigenvalue weighted by molar-refractivity contribution is 0.669. The van der Waals surface area contributed by atoms with E-state index in [-0.39, 0.29) is 6.04 Å². The molecule has 0 bridgehead atoms. The molecule has 6 aromatic carbocycles. The number of allylic oxidation sites excluding steroid dienone is 6. The van der Waals surface area contributed by atoms with Gasteiger partial charge in [-0.1, -0.05) is 134 Å². The predicted molar refractivity (Wildman–Crippen MR) is 219 cm³/mol. The molecule has 8 aromatic rings. The van der Waals surface area contributed by atoms with Gasteiger partial charge in [0, 0.05) is 31.2 Å². The molecule has 1 unspecified atom stereocenters. The second kappa shape index (κ2) is 12.5. The Hall–Kier alpha value is -5.90. The molecule has 244 valence electrons. The van der Waals surface area contributed by atoms with E-state index in [1.807, 2.05) is 17.4 Å². The van der Waals surface area contributed by atoms with Crippen molar-refractivity contribution in [3.05, 3.63) is 181 Å². The normalized spacial score (nSPS) is 15.9. The lowest BCUT2D eigenvalue weighted by Crippen LogP contribution is -2.30. The van der Waals surface area contributed by atoms with Crippen LogP contribution in [0, 0.1) is 0 Å². The minimum absolute atomic E-state index is 0.122. The van der Waals surface area contributed by atoms with Crippen LogP contribution in [0.5, 0.6) is 0 Å². The molecule has 2 aromatic heterocycles. The van der Waals surface area contributed by atoms with Crippen LogP contribution in [0.25, 0.3) is 64.4 Å². The second-order valence-electron chi connectivity index (χ2n) is 13.5. The van der Waals surface area contributed by atoms with Gasteiger partial charge in [-0.15, -0.1) is 11.3 Å². The maximum Gasteiger partial charge on any atom is 0.137 e. The van der Waals surface area contributed by atoms with Crippen molar-refractivity contribution in [1.82, 2.24) is 0 Å². The van der Waals surface area contributed by atoms with Crippen molar-refractivity contribution >= 4 is 76.0 Å². The van der Waals surface area contributed by atoms with E-state index in [1.54, 1.807) is 0 Å². The molecule has 0 fully saturated rings. The van der Waals surface area contributed by atoms with Gasteiger partial charge >= 0.3 is 0 Å². The summed E-state index contributed by atoms with van der Waals surface area (Å²) in [5.41, 5.74) is 11.8. The number of para-hydroxylation sites is 1. The van der Waals surface area contributed by atoms with Gasteiger partial charge in [0.2, 0.25) is 0 Å². The molecular weight excluding hydrogens is 639 g/mol. The standard InChI is InChI=1S/C48H35NOS/c1-2-10-32(11-3-1)33-20-22-34(23-21-33)35-24-28-37(29-25-35)49(43-16-9-18-45-47(43)42-13-4-6-17-44(42)50-45)38-30-26-36(27-31-38)39-14-8-15-41-40-12-5-7-19-46(40)51-48(39)41/h2,4-30,38H,1,3,31H2. The third kappa shape index (κ3) is 5.24.